The smallest absolute Gasteiger partial charge is 0.258 e. The molecule has 2 rings (SSSR count). The van der Waals surface area contributed by atoms with Crippen molar-refractivity contribution in [3.63, 3.8) is 0 Å². The second kappa shape index (κ2) is 6.29. The number of nitrogens with zero attached hydrogens (tertiary/aromatic N) is 2. The van der Waals surface area contributed by atoms with Gasteiger partial charge in [-0.05, 0) is 13.0 Å². The van der Waals surface area contributed by atoms with E-state index in [0.29, 0.717) is 6.42 Å². The fourth-order valence-corrected chi connectivity index (χ4v) is 3.51. The van der Waals surface area contributed by atoms with E-state index < -0.39 is 14.9 Å². The van der Waals surface area contributed by atoms with Gasteiger partial charge in [-0.25, -0.2) is 18.1 Å². The van der Waals surface area contributed by atoms with Crippen LogP contribution in [0.2, 0.25) is 0 Å². The third kappa shape index (κ3) is 4.06. The first kappa shape index (κ1) is 15.5. The fourth-order valence-electron chi connectivity index (χ4n) is 1.66. The molecule has 1 N–H and O–H groups in total. The van der Waals surface area contributed by atoms with Crippen LogP contribution in [0.15, 0.2) is 35.4 Å². The van der Waals surface area contributed by atoms with Crippen LogP contribution in [0.3, 0.4) is 0 Å². The number of hydrogen-bond donors (Lipinski definition) is 1. The average Bonchev–Trinajstić information content (AvgIpc) is 2.84. The number of aryl methyl sites for hydroxylation is 1. The monoisotopic (exact) mass is 327 g/mol. The van der Waals surface area contributed by atoms with Gasteiger partial charge in [0.05, 0.1) is 14.8 Å². The lowest BCUT2D eigenvalue weighted by molar-refractivity contribution is -0.385. The summed E-state index contributed by atoms with van der Waals surface area (Å²) in [4.78, 5) is 15.1. The predicted octanol–water partition coefficient (Wildman–Crippen LogP) is 1.88. The lowest BCUT2D eigenvalue weighted by Crippen LogP contribution is -2.26. The Morgan fingerprint density at radius 3 is 2.81 bits per heavy atom. The molecule has 0 amide bonds. The van der Waals surface area contributed by atoms with Gasteiger partial charge in [0.2, 0.25) is 10.0 Å². The molecular formula is C12H13N3O4S2. The van der Waals surface area contributed by atoms with Crippen LogP contribution >= 0.6 is 11.3 Å². The summed E-state index contributed by atoms with van der Waals surface area (Å²) in [6.07, 6.45) is 2.21. The van der Waals surface area contributed by atoms with Gasteiger partial charge in [0.15, 0.2) is 0 Å². The SMILES string of the molecule is Cc1cnc(CCNS(=O)(=O)c2cccc([N+](=O)[O-])c2)s1. The van der Waals surface area contributed by atoms with Crippen molar-refractivity contribution in [2.45, 2.75) is 18.2 Å². The standard InChI is InChI=1S/C12H13N3O4S2/c1-9-8-13-12(20-9)5-6-14-21(18,19)11-4-2-3-10(7-11)15(16)17/h2-4,7-8,14H,5-6H2,1H3. The highest BCUT2D eigenvalue weighted by atomic mass is 32.2. The van der Waals surface area contributed by atoms with Crippen LogP contribution in [0.4, 0.5) is 5.69 Å². The average molecular weight is 327 g/mol. The number of non-ortho nitro benzene ring substituents is 1. The molecule has 0 aliphatic heterocycles. The van der Waals surface area contributed by atoms with Crippen molar-refractivity contribution in [1.29, 1.82) is 0 Å². The summed E-state index contributed by atoms with van der Waals surface area (Å²) in [6, 6.07) is 4.95. The first-order valence-corrected chi connectivity index (χ1v) is 8.34. The molecule has 0 bridgehead atoms. The van der Waals surface area contributed by atoms with Gasteiger partial charge < -0.3 is 0 Å². The summed E-state index contributed by atoms with van der Waals surface area (Å²) in [6.45, 7) is 2.12. The van der Waals surface area contributed by atoms with Crippen molar-refractivity contribution >= 4 is 27.0 Å². The van der Waals surface area contributed by atoms with Crippen molar-refractivity contribution in [1.82, 2.24) is 9.71 Å². The van der Waals surface area contributed by atoms with Gasteiger partial charge in [-0.2, -0.15) is 0 Å². The van der Waals surface area contributed by atoms with Crippen molar-refractivity contribution in [2.75, 3.05) is 6.54 Å². The number of nitrogens with one attached hydrogen (secondary N) is 1. The lowest BCUT2D eigenvalue weighted by Gasteiger charge is -2.05. The molecule has 0 aliphatic carbocycles. The molecular weight excluding hydrogens is 314 g/mol. The van der Waals surface area contributed by atoms with Gasteiger partial charge in [-0.15, -0.1) is 11.3 Å². The van der Waals surface area contributed by atoms with Crippen LogP contribution in [0.25, 0.3) is 0 Å². The van der Waals surface area contributed by atoms with E-state index in [-0.39, 0.29) is 17.1 Å². The molecule has 0 radical (unpaired) electrons. The van der Waals surface area contributed by atoms with Gasteiger partial charge in [0.1, 0.15) is 0 Å². The number of rotatable bonds is 6. The van der Waals surface area contributed by atoms with Crippen LogP contribution in [-0.2, 0) is 16.4 Å². The molecule has 0 fully saturated rings. The largest absolute Gasteiger partial charge is 0.270 e. The topological polar surface area (TPSA) is 102 Å². The molecule has 0 spiro atoms. The van der Waals surface area contributed by atoms with E-state index in [1.165, 1.54) is 29.5 Å². The van der Waals surface area contributed by atoms with Crippen molar-refractivity contribution in [2.24, 2.45) is 0 Å². The van der Waals surface area contributed by atoms with Crippen molar-refractivity contribution in [3.8, 4) is 0 Å². The zero-order chi connectivity index (χ0) is 15.5. The summed E-state index contributed by atoms with van der Waals surface area (Å²) < 4.78 is 26.5. The number of nitro benzene ring substituents is 1. The van der Waals surface area contributed by atoms with Crippen molar-refractivity contribution < 1.29 is 13.3 Å². The molecule has 21 heavy (non-hydrogen) atoms. The summed E-state index contributed by atoms with van der Waals surface area (Å²) in [7, 11) is -3.76. The van der Waals surface area contributed by atoms with Crippen LogP contribution in [0, 0.1) is 17.0 Å². The zero-order valence-electron chi connectivity index (χ0n) is 11.1. The van der Waals surface area contributed by atoms with Crippen LogP contribution in [0.1, 0.15) is 9.88 Å². The molecule has 0 unspecified atom stereocenters. The van der Waals surface area contributed by atoms with E-state index in [0.717, 1.165) is 16.0 Å². The number of benzene rings is 1. The quantitative estimate of drug-likeness (QED) is 0.644. The molecule has 1 aromatic carbocycles. The minimum Gasteiger partial charge on any atom is -0.258 e. The van der Waals surface area contributed by atoms with E-state index in [9.17, 15) is 18.5 Å². The molecule has 1 aromatic heterocycles. The second-order valence-electron chi connectivity index (χ2n) is 4.27. The summed E-state index contributed by atoms with van der Waals surface area (Å²) in [5, 5.41) is 11.5. The maximum Gasteiger partial charge on any atom is 0.270 e. The van der Waals surface area contributed by atoms with Crippen molar-refractivity contribution in [3.05, 3.63) is 50.5 Å². The number of nitro groups is 1. The molecule has 0 saturated heterocycles. The fraction of sp³-hybridized carbons (Fsp3) is 0.250. The summed E-state index contributed by atoms with van der Waals surface area (Å²) in [5.74, 6) is 0. The highest BCUT2D eigenvalue weighted by Crippen LogP contribution is 2.17. The molecule has 9 heteroatoms. The van der Waals surface area contributed by atoms with Crippen LogP contribution in [-0.4, -0.2) is 24.9 Å². The Morgan fingerprint density at radius 1 is 1.43 bits per heavy atom. The van der Waals surface area contributed by atoms with E-state index in [1.54, 1.807) is 6.20 Å². The molecule has 112 valence electrons. The second-order valence-corrected chi connectivity index (χ2v) is 7.35. The Morgan fingerprint density at radius 2 is 2.19 bits per heavy atom. The minimum absolute atomic E-state index is 0.119. The predicted molar refractivity (Wildman–Crippen MR) is 78.8 cm³/mol. The molecule has 7 nitrogen and oxygen atoms in total. The molecule has 0 aliphatic rings. The Labute approximate surface area is 125 Å². The van der Waals surface area contributed by atoms with Gasteiger partial charge in [0.25, 0.3) is 5.69 Å². The van der Waals surface area contributed by atoms with Gasteiger partial charge >= 0.3 is 0 Å². The summed E-state index contributed by atoms with van der Waals surface area (Å²) in [5.41, 5.74) is -0.256. The molecule has 2 aromatic rings. The Hall–Kier alpha value is -1.84. The first-order valence-electron chi connectivity index (χ1n) is 6.04. The van der Waals surface area contributed by atoms with E-state index >= 15 is 0 Å². The van der Waals surface area contributed by atoms with Gasteiger partial charge in [-0.1, -0.05) is 6.07 Å². The first-order chi connectivity index (χ1) is 9.88. The Bertz CT molecular complexity index is 755. The Kier molecular flexibility index (Phi) is 4.66. The van der Waals surface area contributed by atoms with E-state index in [1.807, 2.05) is 6.92 Å². The van der Waals surface area contributed by atoms with E-state index in [4.69, 9.17) is 0 Å². The number of sulfonamides is 1. The van der Waals surface area contributed by atoms with E-state index in [2.05, 4.69) is 9.71 Å². The number of hydrogen-bond acceptors (Lipinski definition) is 6. The highest BCUT2D eigenvalue weighted by Gasteiger charge is 2.17. The van der Waals surface area contributed by atoms with Crippen LogP contribution < -0.4 is 4.72 Å². The minimum atomic E-state index is -3.76. The summed E-state index contributed by atoms with van der Waals surface area (Å²) >= 11 is 1.51. The molecule has 0 atom stereocenters. The third-order valence-corrected chi connectivity index (χ3v) is 5.07. The normalized spacial score (nSPS) is 11.5. The lowest BCUT2D eigenvalue weighted by atomic mass is 10.3. The van der Waals surface area contributed by atoms with Crippen LogP contribution in [0.5, 0.6) is 0 Å². The molecule has 1 heterocycles. The van der Waals surface area contributed by atoms with Gasteiger partial charge in [0, 0.05) is 36.2 Å². The van der Waals surface area contributed by atoms with Gasteiger partial charge in [-0.3, -0.25) is 10.1 Å². The number of aromatic nitrogens is 1. The maximum atomic E-state index is 12.1. The Balaban J connectivity index is 2.04. The highest BCUT2D eigenvalue weighted by molar-refractivity contribution is 7.89. The third-order valence-electron chi connectivity index (χ3n) is 2.64. The maximum absolute atomic E-state index is 12.1. The number of thiazole rings is 1. The zero-order valence-corrected chi connectivity index (χ0v) is 12.8. The molecule has 0 saturated carbocycles.